The second kappa shape index (κ2) is 4.62. The van der Waals surface area contributed by atoms with Crippen molar-refractivity contribution in [3.8, 4) is 0 Å². The number of aromatic nitrogens is 1. The smallest absolute Gasteiger partial charge is 0.218 e. The van der Waals surface area contributed by atoms with Gasteiger partial charge in [-0.05, 0) is 18.4 Å². The van der Waals surface area contributed by atoms with Crippen LogP contribution in [0.3, 0.4) is 0 Å². The number of nitrogens with zero attached hydrogens (tertiary/aromatic N) is 1. The Morgan fingerprint density at radius 2 is 2.00 bits per heavy atom. The quantitative estimate of drug-likeness (QED) is 0.868. The lowest BCUT2D eigenvalue weighted by Gasteiger charge is -2.12. The number of hydrogen-bond donors (Lipinski definition) is 1. The summed E-state index contributed by atoms with van der Waals surface area (Å²) in [5.41, 5.74) is 5.66. The van der Waals surface area contributed by atoms with E-state index < -0.39 is 5.91 Å². The number of carbonyl (C=O) groups excluding carboxylic acids is 1. The maximum absolute atomic E-state index is 10.7. The van der Waals surface area contributed by atoms with Crippen molar-refractivity contribution in [3.63, 3.8) is 0 Å². The van der Waals surface area contributed by atoms with E-state index in [9.17, 15) is 4.79 Å². The lowest BCUT2D eigenvalue weighted by atomic mass is 9.98. The molecule has 0 saturated heterocycles. The number of primary amides is 1. The highest BCUT2D eigenvalue weighted by molar-refractivity contribution is 6.35. The SMILES string of the molecule is [CH2]C(CC(N)=O)c1c(Cl)cncc1Cl. The molecule has 0 aromatic carbocycles. The number of hydrogen-bond acceptors (Lipinski definition) is 2. The van der Waals surface area contributed by atoms with Crippen LogP contribution in [0.25, 0.3) is 0 Å². The van der Waals surface area contributed by atoms with Crippen LogP contribution >= 0.6 is 23.2 Å². The van der Waals surface area contributed by atoms with E-state index in [2.05, 4.69) is 11.9 Å². The molecule has 0 aliphatic rings. The summed E-state index contributed by atoms with van der Waals surface area (Å²) >= 11 is 11.7. The summed E-state index contributed by atoms with van der Waals surface area (Å²) < 4.78 is 0. The number of rotatable bonds is 3. The lowest BCUT2D eigenvalue weighted by molar-refractivity contribution is -0.118. The first kappa shape index (κ1) is 11.3. The van der Waals surface area contributed by atoms with Crippen LogP contribution in [0.4, 0.5) is 0 Å². The molecule has 3 nitrogen and oxygen atoms in total. The van der Waals surface area contributed by atoms with E-state index in [1.54, 1.807) is 0 Å². The Morgan fingerprint density at radius 3 is 2.43 bits per heavy atom. The molecule has 0 spiro atoms. The van der Waals surface area contributed by atoms with Crippen molar-refractivity contribution in [2.24, 2.45) is 5.73 Å². The van der Waals surface area contributed by atoms with Crippen molar-refractivity contribution in [3.05, 3.63) is 34.9 Å². The van der Waals surface area contributed by atoms with Gasteiger partial charge in [-0.15, -0.1) is 0 Å². The molecule has 1 radical (unpaired) electrons. The normalized spacial score (nSPS) is 12.5. The Hall–Kier alpha value is -0.800. The second-order valence-corrected chi connectivity index (χ2v) is 3.70. The standard InChI is InChI=1S/C9H9Cl2N2O/c1-5(2-8(12)14)9-6(10)3-13-4-7(9)11/h3-5H,1-2H2,(H2,12,14). The van der Waals surface area contributed by atoms with Crippen molar-refractivity contribution < 1.29 is 4.79 Å². The molecule has 1 unspecified atom stereocenters. The van der Waals surface area contributed by atoms with Gasteiger partial charge < -0.3 is 5.73 Å². The molecule has 1 aromatic heterocycles. The van der Waals surface area contributed by atoms with Crippen molar-refractivity contribution in [2.45, 2.75) is 12.3 Å². The molecule has 1 aromatic rings. The molecule has 1 heterocycles. The zero-order valence-electron chi connectivity index (χ0n) is 7.34. The van der Waals surface area contributed by atoms with Gasteiger partial charge in [0.15, 0.2) is 0 Å². The van der Waals surface area contributed by atoms with Crippen molar-refractivity contribution >= 4 is 29.1 Å². The maximum atomic E-state index is 10.7. The number of nitrogens with two attached hydrogens (primary N) is 1. The molecule has 0 saturated carbocycles. The molecule has 0 aliphatic heterocycles. The Balaban J connectivity index is 2.99. The van der Waals surface area contributed by atoms with Gasteiger partial charge >= 0.3 is 0 Å². The Morgan fingerprint density at radius 1 is 1.50 bits per heavy atom. The summed E-state index contributed by atoms with van der Waals surface area (Å²) in [4.78, 5) is 14.5. The zero-order valence-corrected chi connectivity index (χ0v) is 8.85. The fraction of sp³-hybridized carbons (Fsp3) is 0.222. The van der Waals surface area contributed by atoms with Crippen LogP contribution in [0.5, 0.6) is 0 Å². The predicted molar refractivity (Wildman–Crippen MR) is 56.2 cm³/mol. The maximum Gasteiger partial charge on any atom is 0.218 e. The van der Waals surface area contributed by atoms with Gasteiger partial charge in [0.25, 0.3) is 0 Å². The van der Waals surface area contributed by atoms with Gasteiger partial charge in [0.2, 0.25) is 5.91 Å². The minimum Gasteiger partial charge on any atom is -0.370 e. The Labute approximate surface area is 92.2 Å². The molecule has 0 aliphatic carbocycles. The van der Waals surface area contributed by atoms with Gasteiger partial charge in [-0.3, -0.25) is 9.78 Å². The molecule has 14 heavy (non-hydrogen) atoms. The van der Waals surface area contributed by atoms with Gasteiger partial charge in [-0.2, -0.15) is 0 Å². The van der Waals surface area contributed by atoms with E-state index in [0.717, 1.165) is 0 Å². The average molecular weight is 232 g/mol. The molecule has 0 bridgehead atoms. The van der Waals surface area contributed by atoms with Gasteiger partial charge in [0.05, 0.1) is 10.0 Å². The van der Waals surface area contributed by atoms with E-state index in [1.165, 1.54) is 12.4 Å². The topological polar surface area (TPSA) is 56.0 Å². The highest BCUT2D eigenvalue weighted by Crippen LogP contribution is 2.31. The van der Waals surface area contributed by atoms with Crippen LogP contribution in [0.2, 0.25) is 10.0 Å². The first-order valence-corrected chi connectivity index (χ1v) is 4.68. The Bertz CT molecular complexity index is 334. The number of halogens is 2. The first-order valence-electron chi connectivity index (χ1n) is 3.92. The fourth-order valence-corrected chi connectivity index (χ4v) is 1.83. The van der Waals surface area contributed by atoms with E-state index in [1.807, 2.05) is 0 Å². The van der Waals surface area contributed by atoms with Crippen LogP contribution in [0.15, 0.2) is 12.4 Å². The minimum atomic E-state index is -0.436. The minimum absolute atomic E-state index is 0.115. The second-order valence-electron chi connectivity index (χ2n) is 2.88. The summed E-state index contributed by atoms with van der Waals surface area (Å²) in [6.07, 6.45) is 3.04. The highest BCUT2D eigenvalue weighted by atomic mass is 35.5. The molecule has 1 atom stereocenters. The van der Waals surface area contributed by atoms with Gasteiger partial charge in [0, 0.05) is 18.8 Å². The first-order chi connectivity index (χ1) is 6.52. The fourth-order valence-electron chi connectivity index (χ4n) is 1.16. The lowest BCUT2D eigenvalue weighted by Crippen LogP contribution is -2.14. The van der Waals surface area contributed by atoms with Crippen molar-refractivity contribution in [2.75, 3.05) is 0 Å². The molecule has 0 fully saturated rings. The van der Waals surface area contributed by atoms with Crippen molar-refractivity contribution in [1.82, 2.24) is 4.98 Å². The zero-order chi connectivity index (χ0) is 10.7. The molecule has 5 heteroatoms. The summed E-state index contributed by atoms with van der Waals surface area (Å²) in [6, 6.07) is 0. The molecule has 1 amide bonds. The summed E-state index contributed by atoms with van der Waals surface area (Å²) in [5, 5.41) is 0.803. The largest absolute Gasteiger partial charge is 0.370 e. The monoisotopic (exact) mass is 231 g/mol. The van der Waals surface area contributed by atoms with Gasteiger partial charge in [-0.1, -0.05) is 23.2 Å². The molecular weight excluding hydrogens is 223 g/mol. The average Bonchev–Trinajstić information content (AvgIpc) is 2.01. The molecular formula is C9H9Cl2N2O. The van der Waals surface area contributed by atoms with Crippen LogP contribution < -0.4 is 5.73 Å². The Kier molecular flexibility index (Phi) is 3.72. The summed E-state index contributed by atoms with van der Waals surface area (Å²) in [5.74, 6) is -0.774. The third kappa shape index (κ3) is 2.59. The van der Waals surface area contributed by atoms with E-state index >= 15 is 0 Å². The number of pyridine rings is 1. The molecule has 75 valence electrons. The van der Waals surface area contributed by atoms with Gasteiger partial charge in [0.1, 0.15) is 0 Å². The third-order valence-corrected chi connectivity index (χ3v) is 2.35. The van der Waals surface area contributed by atoms with E-state index in [0.29, 0.717) is 15.6 Å². The summed E-state index contributed by atoms with van der Waals surface area (Å²) in [6.45, 7) is 3.77. The van der Waals surface area contributed by atoms with Crippen LogP contribution in [-0.4, -0.2) is 10.9 Å². The molecule has 2 N–H and O–H groups in total. The molecule has 1 rings (SSSR count). The van der Waals surface area contributed by atoms with Gasteiger partial charge in [-0.25, -0.2) is 0 Å². The number of carbonyl (C=O) groups is 1. The van der Waals surface area contributed by atoms with Crippen LogP contribution in [0.1, 0.15) is 17.9 Å². The van der Waals surface area contributed by atoms with Crippen LogP contribution in [-0.2, 0) is 4.79 Å². The van der Waals surface area contributed by atoms with Crippen LogP contribution in [0, 0.1) is 6.92 Å². The van der Waals surface area contributed by atoms with E-state index in [-0.39, 0.29) is 12.3 Å². The highest BCUT2D eigenvalue weighted by Gasteiger charge is 2.15. The van der Waals surface area contributed by atoms with Crippen molar-refractivity contribution in [1.29, 1.82) is 0 Å². The predicted octanol–water partition coefficient (Wildman–Crippen LogP) is 2.18. The van der Waals surface area contributed by atoms with E-state index in [4.69, 9.17) is 28.9 Å². The number of amides is 1. The summed E-state index contributed by atoms with van der Waals surface area (Å²) in [7, 11) is 0. The third-order valence-electron chi connectivity index (χ3n) is 1.75.